The number of carbonyl (C=O) groups is 2. The number of amides is 2. The molecule has 0 bridgehead atoms. The molecular weight excluding hydrogens is 236 g/mol. The van der Waals surface area contributed by atoms with Crippen LogP contribution in [0, 0.1) is 5.92 Å². The number of aliphatic carboxylic acids is 1. The highest BCUT2D eigenvalue weighted by Gasteiger charge is 2.08. The second kappa shape index (κ2) is 9.70. The van der Waals surface area contributed by atoms with Crippen LogP contribution in [0.4, 0.5) is 4.79 Å². The smallest absolute Gasteiger partial charge is 0.317 e. The second-order valence-corrected chi connectivity index (χ2v) is 4.62. The normalized spacial score (nSPS) is 10.4. The van der Waals surface area contributed by atoms with Gasteiger partial charge in [0.1, 0.15) is 0 Å². The molecule has 0 atom stereocenters. The minimum atomic E-state index is -0.842. The lowest BCUT2D eigenvalue weighted by Gasteiger charge is -2.17. The predicted molar refractivity (Wildman–Crippen MR) is 68.6 cm³/mol. The first-order valence-corrected chi connectivity index (χ1v) is 6.22. The molecule has 0 radical (unpaired) electrons. The van der Waals surface area contributed by atoms with Gasteiger partial charge in [0.25, 0.3) is 0 Å². The summed E-state index contributed by atoms with van der Waals surface area (Å²) in [6.45, 7) is 6.21. The maximum absolute atomic E-state index is 11.5. The van der Waals surface area contributed by atoms with Crippen LogP contribution in [0.5, 0.6) is 0 Å². The molecule has 0 spiro atoms. The standard InChI is InChI=1S/C12H24N2O4/c1-10(2)9-18-8-6-13-12(17)14(3)7-4-5-11(15)16/h10H,4-9H2,1-3H3,(H,13,17)(H,15,16). The summed E-state index contributed by atoms with van der Waals surface area (Å²) in [4.78, 5) is 23.3. The number of nitrogens with one attached hydrogen (secondary N) is 1. The molecule has 0 saturated heterocycles. The van der Waals surface area contributed by atoms with E-state index in [1.165, 1.54) is 4.90 Å². The third-order valence-electron chi connectivity index (χ3n) is 2.20. The molecule has 0 aliphatic rings. The fraction of sp³-hybridized carbons (Fsp3) is 0.833. The van der Waals surface area contributed by atoms with Gasteiger partial charge in [-0.3, -0.25) is 4.79 Å². The first kappa shape index (κ1) is 16.7. The van der Waals surface area contributed by atoms with Crippen LogP contribution in [0.25, 0.3) is 0 Å². The zero-order valence-corrected chi connectivity index (χ0v) is 11.4. The first-order valence-electron chi connectivity index (χ1n) is 6.22. The fourth-order valence-electron chi connectivity index (χ4n) is 1.25. The molecule has 18 heavy (non-hydrogen) atoms. The predicted octanol–water partition coefficient (Wildman–Crippen LogP) is 1.17. The lowest BCUT2D eigenvalue weighted by atomic mass is 10.2. The Morgan fingerprint density at radius 2 is 2.06 bits per heavy atom. The van der Waals surface area contributed by atoms with Crippen LogP contribution >= 0.6 is 0 Å². The summed E-state index contributed by atoms with van der Waals surface area (Å²) >= 11 is 0. The van der Waals surface area contributed by atoms with Crippen molar-refractivity contribution >= 4 is 12.0 Å². The third kappa shape index (κ3) is 9.89. The molecule has 0 aromatic heterocycles. The summed E-state index contributed by atoms with van der Waals surface area (Å²) in [5.74, 6) is -0.356. The quantitative estimate of drug-likeness (QED) is 0.610. The van der Waals surface area contributed by atoms with Gasteiger partial charge in [-0.05, 0) is 12.3 Å². The van der Waals surface area contributed by atoms with Crippen LogP contribution in [-0.4, -0.2) is 55.4 Å². The van der Waals surface area contributed by atoms with E-state index in [0.29, 0.717) is 38.6 Å². The summed E-state index contributed by atoms with van der Waals surface area (Å²) in [6.07, 6.45) is 0.540. The number of carbonyl (C=O) groups excluding carboxylic acids is 1. The summed E-state index contributed by atoms with van der Waals surface area (Å²) in [7, 11) is 1.64. The average molecular weight is 260 g/mol. The highest BCUT2D eigenvalue weighted by Crippen LogP contribution is 1.94. The Morgan fingerprint density at radius 1 is 1.39 bits per heavy atom. The molecule has 0 unspecified atom stereocenters. The van der Waals surface area contributed by atoms with Crippen molar-refractivity contribution in [2.24, 2.45) is 5.92 Å². The Morgan fingerprint density at radius 3 is 2.61 bits per heavy atom. The molecule has 106 valence electrons. The summed E-state index contributed by atoms with van der Waals surface area (Å²) in [6, 6.07) is -0.200. The van der Waals surface area contributed by atoms with E-state index in [4.69, 9.17) is 9.84 Å². The highest BCUT2D eigenvalue weighted by atomic mass is 16.5. The van der Waals surface area contributed by atoms with Gasteiger partial charge >= 0.3 is 12.0 Å². The molecule has 0 saturated carbocycles. The average Bonchev–Trinajstić information content (AvgIpc) is 2.27. The molecular formula is C12H24N2O4. The van der Waals surface area contributed by atoms with Crippen molar-refractivity contribution in [3.63, 3.8) is 0 Å². The van der Waals surface area contributed by atoms with Gasteiger partial charge < -0.3 is 20.1 Å². The number of hydrogen-bond acceptors (Lipinski definition) is 3. The van der Waals surface area contributed by atoms with Gasteiger partial charge in [0.05, 0.1) is 6.61 Å². The highest BCUT2D eigenvalue weighted by molar-refractivity contribution is 5.73. The monoisotopic (exact) mass is 260 g/mol. The summed E-state index contributed by atoms with van der Waals surface area (Å²) in [5.41, 5.74) is 0. The topological polar surface area (TPSA) is 78.9 Å². The Kier molecular flexibility index (Phi) is 9.00. The van der Waals surface area contributed by atoms with Gasteiger partial charge in [-0.2, -0.15) is 0 Å². The molecule has 0 aliphatic carbocycles. The van der Waals surface area contributed by atoms with Crippen molar-refractivity contribution in [3.8, 4) is 0 Å². The molecule has 2 N–H and O–H groups in total. The number of rotatable bonds is 9. The molecule has 2 amide bonds. The SMILES string of the molecule is CC(C)COCCNC(=O)N(C)CCCC(=O)O. The summed E-state index contributed by atoms with van der Waals surface area (Å²) in [5, 5.41) is 11.2. The van der Waals surface area contributed by atoms with Gasteiger partial charge in [-0.25, -0.2) is 4.79 Å². The first-order chi connectivity index (χ1) is 8.43. The van der Waals surface area contributed by atoms with E-state index in [2.05, 4.69) is 19.2 Å². The molecule has 6 heteroatoms. The lowest BCUT2D eigenvalue weighted by Crippen LogP contribution is -2.39. The molecule has 0 rings (SSSR count). The number of ether oxygens (including phenoxy) is 1. The van der Waals surface area contributed by atoms with Gasteiger partial charge in [0, 0.05) is 33.2 Å². The Bertz CT molecular complexity index is 256. The fourth-order valence-corrected chi connectivity index (χ4v) is 1.25. The number of urea groups is 1. The third-order valence-corrected chi connectivity index (χ3v) is 2.20. The van der Waals surface area contributed by atoms with Crippen LogP contribution in [0.1, 0.15) is 26.7 Å². The van der Waals surface area contributed by atoms with E-state index >= 15 is 0 Å². The van der Waals surface area contributed by atoms with E-state index in [-0.39, 0.29) is 12.5 Å². The maximum atomic E-state index is 11.5. The zero-order chi connectivity index (χ0) is 14.0. The van der Waals surface area contributed by atoms with Gasteiger partial charge in [-0.1, -0.05) is 13.8 Å². The second-order valence-electron chi connectivity index (χ2n) is 4.62. The molecule has 0 fully saturated rings. The molecule has 6 nitrogen and oxygen atoms in total. The maximum Gasteiger partial charge on any atom is 0.317 e. The number of hydrogen-bond donors (Lipinski definition) is 2. The van der Waals surface area contributed by atoms with Crippen molar-refractivity contribution in [2.75, 3.05) is 33.4 Å². The minimum absolute atomic E-state index is 0.0785. The zero-order valence-electron chi connectivity index (χ0n) is 11.4. The Labute approximate surface area is 108 Å². The molecule has 0 aromatic rings. The van der Waals surface area contributed by atoms with Gasteiger partial charge in [-0.15, -0.1) is 0 Å². The van der Waals surface area contributed by atoms with E-state index in [1.54, 1.807) is 7.05 Å². The van der Waals surface area contributed by atoms with Crippen molar-refractivity contribution in [2.45, 2.75) is 26.7 Å². The largest absolute Gasteiger partial charge is 0.481 e. The van der Waals surface area contributed by atoms with Crippen LogP contribution in [0.2, 0.25) is 0 Å². The van der Waals surface area contributed by atoms with Crippen LogP contribution in [0.3, 0.4) is 0 Å². The Hall–Kier alpha value is -1.30. The number of nitrogens with zero attached hydrogens (tertiary/aromatic N) is 1. The van der Waals surface area contributed by atoms with E-state index in [9.17, 15) is 9.59 Å². The molecule has 0 aromatic carbocycles. The van der Waals surface area contributed by atoms with E-state index in [1.807, 2.05) is 0 Å². The van der Waals surface area contributed by atoms with Crippen LogP contribution in [0.15, 0.2) is 0 Å². The van der Waals surface area contributed by atoms with Crippen molar-refractivity contribution in [1.82, 2.24) is 10.2 Å². The minimum Gasteiger partial charge on any atom is -0.481 e. The Balaban J connectivity index is 3.53. The number of carboxylic acids is 1. The van der Waals surface area contributed by atoms with Crippen molar-refractivity contribution in [3.05, 3.63) is 0 Å². The van der Waals surface area contributed by atoms with Gasteiger partial charge in [0.2, 0.25) is 0 Å². The molecule has 0 heterocycles. The van der Waals surface area contributed by atoms with Gasteiger partial charge in [0.15, 0.2) is 0 Å². The lowest BCUT2D eigenvalue weighted by molar-refractivity contribution is -0.137. The number of carboxylic acid groups (broad SMARTS) is 1. The molecule has 0 aliphatic heterocycles. The van der Waals surface area contributed by atoms with Crippen LogP contribution < -0.4 is 5.32 Å². The van der Waals surface area contributed by atoms with Crippen molar-refractivity contribution in [1.29, 1.82) is 0 Å². The van der Waals surface area contributed by atoms with Crippen molar-refractivity contribution < 1.29 is 19.4 Å². The van der Waals surface area contributed by atoms with E-state index in [0.717, 1.165) is 0 Å². The van der Waals surface area contributed by atoms with Crippen LogP contribution in [-0.2, 0) is 9.53 Å². The summed E-state index contributed by atoms with van der Waals surface area (Å²) < 4.78 is 5.33. The van der Waals surface area contributed by atoms with E-state index < -0.39 is 5.97 Å².